The van der Waals surface area contributed by atoms with Gasteiger partial charge in [-0.3, -0.25) is 4.79 Å². The number of hydrogen-bond donors (Lipinski definition) is 0. The van der Waals surface area contributed by atoms with Gasteiger partial charge in [0.25, 0.3) is 0 Å². The quantitative estimate of drug-likeness (QED) is 0.354. The van der Waals surface area contributed by atoms with Crippen molar-refractivity contribution in [3.63, 3.8) is 0 Å². The summed E-state index contributed by atoms with van der Waals surface area (Å²) in [7, 11) is 0. The van der Waals surface area contributed by atoms with Crippen molar-refractivity contribution in [3.05, 3.63) is 45.8 Å². The number of hydrogen-bond acceptors (Lipinski definition) is 1. The molecular formula is C8H7N3O. The van der Waals surface area contributed by atoms with Crippen LogP contribution in [0.15, 0.2) is 29.4 Å². The van der Waals surface area contributed by atoms with Gasteiger partial charge < -0.3 is 0 Å². The van der Waals surface area contributed by atoms with E-state index in [-0.39, 0.29) is 0 Å². The first-order valence-corrected chi connectivity index (χ1v) is 3.40. The smallest absolute Gasteiger partial charge is 0.249 e. The molecule has 0 aromatic heterocycles. The van der Waals surface area contributed by atoms with Crippen LogP contribution in [0.5, 0.6) is 0 Å². The third-order valence-electron chi connectivity index (χ3n) is 1.40. The van der Waals surface area contributed by atoms with Crippen molar-refractivity contribution in [2.24, 2.45) is 5.11 Å². The Morgan fingerprint density at radius 3 is 2.92 bits per heavy atom. The average molecular weight is 161 g/mol. The van der Waals surface area contributed by atoms with E-state index >= 15 is 0 Å². The van der Waals surface area contributed by atoms with Gasteiger partial charge in [0, 0.05) is 10.5 Å². The second-order valence-electron chi connectivity index (χ2n) is 2.36. The number of carbonyl (C=O) groups is 1. The van der Waals surface area contributed by atoms with Gasteiger partial charge in [0.05, 0.1) is 0 Å². The van der Waals surface area contributed by atoms with Crippen LogP contribution in [-0.4, -0.2) is 5.91 Å². The fraction of sp³-hybridized carbons (Fsp3) is 0.125. The third kappa shape index (κ3) is 1.84. The van der Waals surface area contributed by atoms with Crippen molar-refractivity contribution >= 4 is 5.91 Å². The van der Waals surface area contributed by atoms with E-state index in [1.54, 1.807) is 18.2 Å². The Labute approximate surface area is 69.5 Å². The van der Waals surface area contributed by atoms with E-state index in [0.717, 1.165) is 5.56 Å². The second kappa shape index (κ2) is 3.55. The number of rotatable bonds is 1. The van der Waals surface area contributed by atoms with Gasteiger partial charge in [-0.1, -0.05) is 23.8 Å². The van der Waals surface area contributed by atoms with Crippen LogP contribution in [0.4, 0.5) is 0 Å². The van der Waals surface area contributed by atoms with Crippen molar-refractivity contribution in [2.75, 3.05) is 0 Å². The normalized spacial score (nSPS) is 8.75. The Hall–Kier alpha value is -1.80. The lowest BCUT2D eigenvalue weighted by Crippen LogP contribution is -1.92. The second-order valence-corrected chi connectivity index (χ2v) is 2.36. The van der Waals surface area contributed by atoms with Gasteiger partial charge in [-0.2, -0.15) is 0 Å². The van der Waals surface area contributed by atoms with E-state index in [1.165, 1.54) is 0 Å². The Kier molecular flexibility index (Phi) is 2.46. The van der Waals surface area contributed by atoms with E-state index in [2.05, 4.69) is 10.0 Å². The van der Waals surface area contributed by atoms with Crippen molar-refractivity contribution < 1.29 is 4.79 Å². The molecule has 0 bridgehead atoms. The minimum absolute atomic E-state index is 0.424. The molecule has 0 N–H and O–H groups in total. The molecule has 0 saturated heterocycles. The molecule has 0 spiro atoms. The van der Waals surface area contributed by atoms with E-state index in [1.807, 2.05) is 13.0 Å². The zero-order valence-corrected chi connectivity index (χ0v) is 6.56. The number of benzene rings is 1. The molecule has 1 aromatic carbocycles. The molecule has 4 heteroatoms. The molecule has 0 saturated carbocycles. The molecule has 60 valence electrons. The number of azide groups is 1. The standard InChI is InChI=1S/C8H7N3O/c1-6-3-2-4-7(5-6)8(12)10-11-9/h2-5H,1H3. The van der Waals surface area contributed by atoms with Crippen LogP contribution in [0, 0.1) is 6.92 Å². The number of aryl methyl sites for hydroxylation is 1. The first kappa shape index (κ1) is 8.30. The van der Waals surface area contributed by atoms with Crippen molar-refractivity contribution in [3.8, 4) is 0 Å². The maximum Gasteiger partial charge on any atom is 0.249 e. The van der Waals surface area contributed by atoms with Crippen LogP contribution in [0.25, 0.3) is 10.4 Å². The molecule has 0 atom stereocenters. The van der Waals surface area contributed by atoms with E-state index in [9.17, 15) is 4.79 Å². The van der Waals surface area contributed by atoms with Crippen LogP contribution in [0.2, 0.25) is 0 Å². The van der Waals surface area contributed by atoms with Gasteiger partial charge in [0.1, 0.15) is 0 Å². The molecule has 1 amide bonds. The fourth-order valence-corrected chi connectivity index (χ4v) is 0.876. The molecule has 0 aliphatic rings. The molecule has 1 rings (SSSR count). The molecule has 0 radical (unpaired) electrons. The van der Waals surface area contributed by atoms with Crippen molar-refractivity contribution in [2.45, 2.75) is 6.92 Å². The summed E-state index contributed by atoms with van der Waals surface area (Å²) in [5.74, 6) is -0.541. The van der Waals surface area contributed by atoms with Gasteiger partial charge in [0.2, 0.25) is 5.91 Å². The minimum atomic E-state index is -0.541. The van der Waals surface area contributed by atoms with Crippen LogP contribution in [0.3, 0.4) is 0 Å². The summed E-state index contributed by atoms with van der Waals surface area (Å²) in [6, 6.07) is 6.91. The zero-order chi connectivity index (χ0) is 8.97. The van der Waals surface area contributed by atoms with E-state index in [0.29, 0.717) is 5.56 Å². The Balaban J connectivity index is 3.03. The molecule has 0 heterocycles. The van der Waals surface area contributed by atoms with Crippen LogP contribution in [0.1, 0.15) is 15.9 Å². The molecular weight excluding hydrogens is 154 g/mol. The molecule has 12 heavy (non-hydrogen) atoms. The van der Waals surface area contributed by atoms with Crippen LogP contribution in [-0.2, 0) is 0 Å². The maximum atomic E-state index is 11.0. The summed E-state index contributed by atoms with van der Waals surface area (Å²) in [4.78, 5) is 13.4. The summed E-state index contributed by atoms with van der Waals surface area (Å²) in [5.41, 5.74) is 9.40. The largest absolute Gasteiger partial charge is 0.287 e. The summed E-state index contributed by atoms with van der Waals surface area (Å²) in [5, 5.41) is 2.98. The fourth-order valence-electron chi connectivity index (χ4n) is 0.876. The number of carbonyl (C=O) groups excluding carboxylic acids is 1. The summed E-state index contributed by atoms with van der Waals surface area (Å²) < 4.78 is 0. The Morgan fingerprint density at radius 2 is 2.33 bits per heavy atom. The minimum Gasteiger partial charge on any atom is -0.287 e. The SMILES string of the molecule is Cc1cccc(C(=O)N=[N+]=[N-])c1. The number of nitrogens with zero attached hydrogens (tertiary/aromatic N) is 3. The first-order valence-electron chi connectivity index (χ1n) is 3.40. The van der Waals surface area contributed by atoms with Crippen molar-refractivity contribution in [1.29, 1.82) is 0 Å². The average Bonchev–Trinajstić information content (AvgIpc) is 2.05. The topological polar surface area (TPSA) is 65.8 Å². The monoisotopic (exact) mass is 161 g/mol. The zero-order valence-electron chi connectivity index (χ0n) is 6.56. The molecule has 4 nitrogen and oxygen atoms in total. The maximum absolute atomic E-state index is 11.0. The highest BCUT2D eigenvalue weighted by atomic mass is 16.1. The molecule has 0 aliphatic heterocycles. The molecule has 0 fully saturated rings. The highest BCUT2D eigenvalue weighted by Gasteiger charge is 2.00. The lowest BCUT2D eigenvalue weighted by Gasteiger charge is -1.94. The molecule has 0 aliphatic carbocycles. The summed E-state index contributed by atoms with van der Waals surface area (Å²) in [6.45, 7) is 1.87. The highest BCUT2D eigenvalue weighted by molar-refractivity contribution is 5.94. The summed E-state index contributed by atoms with van der Waals surface area (Å²) in [6.07, 6.45) is 0. The molecule has 0 unspecified atom stereocenters. The van der Waals surface area contributed by atoms with Gasteiger partial charge >= 0.3 is 0 Å². The molecule has 1 aromatic rings. The Morgan fingerprint density at radius 1 is 1.58 bits per heavy atom. The van der Waals surface area contributed by atoms with E-state index in [4.69, 9.17) is 5.53 Å². The van der Waals surface area contributed by atoms with Crippen LogP contribution >= 0.6 is 0 Å². The van der Waals surface area contributed by atoms with Gasteiger partial charge in [-0.25, -0.2) is 0 Å². The third-order valence-corrected chi connectivity index (χ3v) is 1.40. The Bertz CT molecular complexity index is 353. The number of amides is 1. The predicted octanol–water partition coefficient (Wildman–Crippen LogP) is 2.45. The van der Waals surface area contributed by atoms with Gasteiger partial charge in [-0.05, 0) is 23.6 Å². The highest BCUT2D eigenvalue weighted by Crippen LogP contribution is 2.05. The lowest BCUT2D eigenvalue weighted by atomic mass is 10.1. The summed E-state index contributed by atoms with van der Waals surface area (Å²) >= 11 is 0. The first-order chi connectivity index (χ1) is 5.74. The predicted molar refractivity (Wildman–Crippen MR) is 44.7 cm³/mol. The van der Waals surface area contributed by atoms with Gasteiger partial charge in [0.15, 0.2) is 0 Å². The van der Waals surface area contributed by atoms with Crippen LogP contribution < -0.4 is 0 Å². The van der Waals surface area contributed by atoms with Crippen molar-refractivity contribution in [1.82, 2.24) is 0 Å². The van der Waals surface area contributed by atoms with E-state index < -0.39 is 5.91 Å². The van der Waals surface area contributed by atoms with Gasteiger partial charge in [-0.15, -0.1) is 0 Å². The lowest BCUT2D eigenvalue weighted by molar-refractivity contribution is 0.100.